The Labute approximate surface area is 167 Å². The summed E-state index contributed by atoms with van der Waals surface area (Å²) >= 11 is 3.43. The van der Waals surface area contributed by atoms with Crippen LogP contribution in [0.25, 0.3) is 0 Å². The first-order valence-corrected chi connectivity index (χ1v) is 9.87. The van der Waals surface area contributed by atoms with Gasteiger partial charge in [-0.05, 0) is 79.7 Å². The number of amides is 1. The second kappa shape index (κ2) is 8.69. The van der Waals surface area contributed by atoms with Gasteiger partial charge in [-0.15, -0.1) is 0 Å². The molecule has 0 bridgehead atoms. The maximum atomic E-state index is 12.6. The third-order valence-corrected chi connectivity index (χ3v) is 5.35. The van der Waals surface area contributed by atoms with E-state index in [0.717, 1.165) is 41.5 Å². The lowest BCUT2D eigenvalue weighted by molar-refractivity contribution is 0.0883. The maximum Gasteiger partial charge on any atom is 0.317 e. The molecule has 1 aromatic carbocycles. The van der Waals surface area contributed by atoms with Gasteiger partial charge in [0, 0.05) is 21.9 Å². The summed E-state index contributed by atoms with van der Waals surface area (Å²) in [5.74, 6) is 0.566. The Morgan fingerprint density at radius 2 is 1.78 bits per heavy atom. The summed E-state index contributed by atoms with van der Waals surface area (Å²) in [6, 6.07) is 7.89. The minimum atomic E-state index is -0.0946. The van der Waals surface area contributed by atoms with E-state index in [2.05, 4.69) is 31.2 Å². The molecule has 0 atom stereocenters. The Morgan fingerprint density at radius 1 is 1.11 bits per heavy atom. The van der Waals surface area contributed by atoms with Crippen LogP contribution in [0.5, 0.6) is 11.8 Å². The molecule has 1 amide bonds. The first-order chi connectivity index (χ1) is 12.9. The second-order valence-electron chi connectivity index (χ2n) is 6.84. The quantitative estimate of drug-likeness (QED) is 0.771. The molecule has 1 aliphatic rings. The lowest BCUT2D eigenvalue weighted by Crippen LogP contribution is -2.40. The van der Waals surface area contributed by atoms with Crippen molar-refractivity contribution < 1.29 is 14.3 Å². The van der Waals surface area contributed by atoms with Crippen LogP contribution in [0.4, 0.5) is 0 Å². The van der Waals surface area contributed by atoms with Crippen molar-refractivity contribution in [3.8, 4) is 11.8 Å². The molecule has 6 nitrogen and oxygen atoms in total. The van der Waals surface area contributed by atoms with Crippen LogP contribution in [0.3, 0.4) is 0 Å². The number of hydrogen-bond donors (Lipinski definition) is 1. The van der Waals surface area contributed by atoms with Gasteiger partial charge in [-0.2, -0.15) is 0 Å². The van der Waals surface area contributed by atoms with Crippen molar-refractivity contribution in [2.75, 3.05) is 7.11 Å². The van der Waals surface area contributed by atoms with Crippen LogP contribution >= 0.6 is 15.9 Å². The number of benzene rings is 1. The molecule has 0 unspecified atom stereocenters. The number of ether oxygens (including phenoxy) is 2. The molecule has 0 saturated heterocycles. The zero-order valence-electron chi connectivity index (χ0n) is 15.8. The fourth-order valence-corrected chi connectivity index (χ4v) is 3.72. The largest absolute Gasteiger partial charge is 0.497 e. The van der Waals surface area contributed by atoms with E-state index in [-0.39, 0.29) is 18.1 Å². The molecule has 0 spiro atoms. The van der Waals surface area contributed by atoms with E-state index in [1.54, 1.807) is 13.2 Å². The van der Waals surface area contributed by atoms with Crippen LogP contribution in [-0.4, -0.2) is 35.1 Å². The van der Waals surface area contributed by atoms with Gasteiger partial charge >= 0.3 is 6.01 Å². The van der Waals surface area contributed by atoms with Gasteiger partial charge in [0.1, 0.15) is 11.9 Å². The molecule has 2 aromatic rings. The predicted molar refractivity (Wildman–Crippen MR) is 106 cm³/mol. The summed E-state index contributed by atoms with van der Waals surface area (Å²) in [5.41, 5.74) is 2.39. The van der Waals surface area contributed by atoms with Crippen molar-refractivity contribution in [1.29, 1.82) is 0 Å². The Hall–Kier alpha value is -2.15. The van der Waals surface area contributed by atoms with Crippen LogP contribution in [0.15, 0.2) is 28.7 Å². The molecule has 1 N–H and O–H groups in total. The van der Waals surface area contributed by atoms with E-state index in [0.29, 0.717) is 17.3 Å². The standard InChI is InChI=1S/C20H24BrN3O3/c1-12-10-13(2)23-20(22-12)27-15-6-4-14(5-7-15)24-19(25)17-11-16(26-3)8-9-18(17)21/h8-11,14-15H,4-7H2,1-3H3,(H,24,25). The number of halogens is 1. The van der Waals surface area contributed by atoms with Gasteiger partial charge in [0.25, 0.3) is 5.91 Å². The molecule has 1 saturated carbocycles. The highest BCUT2D eigenvalue weighted by Crippen LogP contribution is 2.25. The zero-order valence-corrected chi connectivity index (χ0v) is 17.4. The SMILES string of the molecule is COc1ccc(Br)c(C(=O)NC2CCC(Oc3nc(C)cc(C)n3)CC2)c1. The van der Waals surface area contributed by atoms with Gasteiger partial charge < -0.3 is 14.8 Å². The molecule has 1 aromatic heterocycles. The van der Waals surface area contributed by atoms with E-state index in [4.69, 9.17) is 9.47 Å². The molecule has 0 radical (unpaired) electrons. The Balaban J connectivity index is 1.54. The third kappa shape index (κ3) is 5.19. The van der Waals surface area contributed by atoms with Crippen LogP contribution < -0.4 is 14.8 Å². The third-order valence-electron chi connectivity index (χ3n) is 4.66. The Morgan fingerprint density at radius 3 is 2.41 bits per heavy atom. The highest BCUT2D eigenvalue weighted by molar-refractivity contribution is 9.10. The Bertz CT molecular complexity index is 800. The molecule has 7 heteroatoms. The summed E-state index contributed by atoms with van der Waals surface area (Å²) in [5, 5.41) is 3.12. The van der Waals surface area contributed by atoms with E-state index < -0.39 is 0 Å². The number of carbonyl (C=O) groups is 1. The van der Waals surface area contributed by atoms with E-state index in [1.807, 2.05) is 32.0 Å². The maximum absolute atomic E-state index is 12.6. The average molecular weight is 434 g/mol. The van der Waals surface area contributed by atoms with Crippen molar-refractivity contribution in [1.82, 2.24) is 15.3 Å². The van der Waals surface area contributed by atoms with Gasteiger partial charge in [0.2, 0.25) is 0 Å². The summed E-state index contributed by atoms with van der Waals surface area (Å²) in [6.45, 7) is 3.87. The molecule has 1 fully saturated rings. The van der Waals surface area contributed by atoms with Crippen molar-refractivity contribution in [3.63, 3.8) is 0 Å². The summed E-state index contributed by atoms with van der Waals surface area (Å²) in [4.78, 5) is 21.3. The normalized spacial score (nSPS) is 19.4. The number of nitrogens with one attached hydrogen (secondary N) is 1. The molecule has 0 aliphatic heterocycles. The minimum absolute atomic E-state index is 0.0860. The van der Waals surface area contributed by atoms with Gasteiger partial charge in [-0.25, -0.2) is 9.97 Å². The zero-order chi connectivity index (χ0) is 19.4. The molecule has 1 heterocycles. The van der Waals surface area contributed by atoms with E-state index in [1.165, 1.54) is 0 Å². The highest BCUT2D eigenvalue weighted by Gasteiger charge is 2.25. The number of aryl methyl sites for hydroxylation is 2. The van der Waals surface area contributed by atoms with Gasteiger partial charge in [0.05, 0.1) is 12.7 Å². The van der Waals surface area contributed by atoms with Crippen LogP contribution in [0, 0.1) is 13.8 Å². The molecule has 3 rings (SSSR count). The fourth-order valence-electron chi connectivity index (χ4n) is 3.29. The van der Waals surface area contributed by atoms with Crippen LogP contribution in [0.2, 0.25) is 0 Å². The van der Waals surface area contributed by atoms with Gasteiger partial charge in [-0.1, -0.05) is 0 Å². The molecular weight excluding hydrogens is 410 g/mol. The lowest BCUT2D eigenvalue weighted by atomic mass is 9.92. The molecule has 27 heavy (non-hydrogen) atoms. The van der Waals surface area contributed by atoms with E-state index >= 15 is 0 Å². The first kappa shape index (κ1) is 19.6. The van der Waals surface area contributed by atoms with Crippen molar-refractivity contribution in [2.24, 2.45) is 0 Å². The van der Waals surface area contributed by atoms with Crippen LogP contribution in [0.1, 0.15) is 47.4 Å². The minimum Gasteiger partial charge on any atom is -0.497 e. The first-order valence-electron chi connectivity index (χ1n) is 9.08. The van der Waals surface area contributed by atoms with Crippen molar-refractivity contribution >= 4 is 21.8 Å². The number of nitrogens with zero attached hydrogens (tertiary/aromatic N) is 2. The average Bonchev–Trinajstić information content (AvgIpc) is 2.63. The lowest BCUT2D eigenvalue weighted by Gasteiger charge is -2.29. The number of hydrogen-bond acceptors (Lipinski definition) is 5. The smallest absolute Gasteiger partial charge is 0.317 e. The topological polar surface area (TPSA) is 73.3 Å². The Kier molecular flexibility index (Phi) is 6.31. The highest BCUT2D eigenvalue weighted by atomic mass is 79.9. The van der Waals surface area contributed by atoms with Gasteiger partial charge in [-0.3, -0.25) is 4.79 Å². The van der Waals surface area contributed by atoms with Crippen molar-refractivity contribution in [2.45, 2.75) is 51.7 Å². The number of rotatable bonds is 5. The fraction of sp³-hybridized carbons (Fsp3) is 0.450. The summed E-state index contributed by atoms with van der Waals surface area (Å²) < 4.78 is 11.9. The monoisotopic (exact) mass is 433 g/mol. The summed E-state index contributed by atoms with van der Waals surface area (Å²) in [6.07, 6.45) is 3.54. The predicted octanol–water partition coefficient (Wildman–Crippen LogP) is 3.98. The second-order valence-corrected chi connectivity index (χ2v) is 7.70. The molecule has 1 aliphatic carbocycles. The summed E-state index contributed by atoms with van der Waals surface area (Å²) in [7, 11) is 1.59. The van der Waals surface area contributed by atoms with Crippen LogP contribution in [-0.2, 0) is 0 Å². The van der Waals surface area contributed by atoms with Gasteiger partial charge in [0.15, 0.2) is 0 Å². The number of aromatic nitrogens is 2. The number of carbonyl (C=O) groups excluding carboxylic acids is 1. The van der Waals surface area contributed by atoms with Crippen molar-refractivity contribution in [3.05, 3.63) is 45.7 Å². The molecule has 144 valence electrons. The molecular formula is C20H24BrN3O3. The number of methoxy groups -OCH3 is 1. The van der Waals surface area contributed by atoms with E-state index in [9.17, 15) is 4.79 Å².